The first kappa shape index (κ1) is 24.3. The van der Waals surface area contributed by atoms with Crippen LogP contribution in [0.2, 0.25) is 0 Å². The Hall–Kier alpha value is -2.82. The number of hydrogen-bond donors (Lipinski definition) is 2. The number of nitrogens with zero attached hydrogens (tertiary/aromatic N) is 2. The van der Waals surface area contributed by atoms with Crippen LogP contribution in [0, 0.1) is 10.1 Å². The molecule has 0 amide bonds. The van der Waals surface area contributed by atoms with Gasteiger partial charge in [0.1, 0.15) is 0 Å². The number of carboxylic acids is 1. The quantitative estimate of drug-likeness (QED) is 0.410. The van der Waals surface area contributed by atoms with Gasteiger partial charge in [-0.3, -0.25) is 14.9 Å². The van der Waals surface area contributed by atoms with Gasteiger partial charge in [-0.2, -0.15) is 0 Å². The van der Waals surface area contributed by atoms with Crippen molar-refractivity contribution in [2.24, 2.45) is 0 Å². The van der Waals surface area contributed by atoms with Crippen molar-refractivity contribution in [1.82, 2.24) is 9.62 Å². The monoisotopic (exact) mass is 487 g/mol. The van der Waals surface area contributed by atoms with Crippen LogP contribution < -0.4 is 4.72 Å². The third-order valence-corrected chi connectivity index (χ3v) is 8.64. The lowest BCUT2D eigenvalue weighted by Crippen LogP contribution is -2.49. The highest BCUT2D eigenvalue weighted by Crippen LogP contribution is 2.55. The summed E-state index contributed by atoms with van der Waals surface area (Å²) in [5.74, 6) is -1.34. The van der Waals surface area contributed by atoms with Gasteiger partial charge in [0.05, 0.1) is 15.2 Å². The van der Waals surface area contributed by atoms with Gasteiger partial charge in [-0.05, 0) is 62.0 Å². The Morgan fingerprint density at radius 1 is 1.09 bits per heavy atom. The van der Waals surface area contributed by atoms with Crippen LogP contribution >= 0.6 is 0 Å². The molecule has 10 heteroatoms. The first-order valence-corrected chi connectivity index (χ1v) is 13.0. The highest BCUT2D eigenvalue weighted by molar-refractivity contribution is 7.89. The van der Waals surface area contributed by atoms with Crippen LogP contribution in [0.4, 0.5) is 5.69 Å². The van der Waals surface area contributed by atoms with Gasteiger partial charge in [0.25, 0.3) is 5.69 Å². The van der Waals surface area contributed by atoms with E-state index in [4.69, 9.17) is 0 Å². The Kier molecular flexibility index (Phi) is 7.01. The number of carbonyl (C=O) groups is 1. The predicted molar refractivity (Wildman–Crippen MR) is 126 cm³/mol. The molecule has 182 valence electrons. The second-order valence-corrected chi connectivity index (χ2v) is 10.8. The summed E-state index contributed by atoms with van der Waals surface area (Å²) in [6.45, 7) is 3.01. The van der Waals surface area contributed by atoms with Gasteiger partial charge in [0.2, 0.25) is 10.0 Å². The number of non-ortho nitro benzene ring substituents is 1. The molecule has 1 heterocycles. The second-order valence-electron chi connectivity index (χ2n) is 9.04. The van der Waals surface area contributed by atoms with Crippen molar-refractivity contribution in [3.05, 3.63) is 69.8 Å². The summed E-state index contributed by atoms with van der Waals surface area (Å²) in [5.41, 5.74) is -0.0397. The fourth-order valence-electron chi connectivity index (χ4n) is 5.12. The maximum Gasteiger partial charge on any atom is 0.314 e. The second kappa shape index (κ2) is 9.81. The number of carboxylic acid groups (broad SMARTS) is 1. The minimum Gasteiger partial charge on any atom is -0.481 e. The number of sulfonamides is 1. The van der Waals surface area contributed by atoms with E-state index in [9.17, 15) is 28.4 Å². The van der Waals surface area contributed by atoms with Crippen LogP contribution in [0.3, 0.4) is 0 Å². The molecule has 9 nitrogen and oxygen atoms in total. The van der Waals surface area contributed by atoms with E-state index in [0.717, 1.165) is 31.5 Å². The Morgan fingerprint density at radius 2 is 1.74 bits per heavy atom. The van der Waals surface area contributed by atoms with Gasteiger partial charge < -0.3 is 10.0 Å². The smallest absolute Gasteiger partial charge is 0.314 e. The molecular weight excluding hydrogens is 458 g/mol. The van der Waals surface area contributed by atoms with E-state index in [2.05, 4.69) is 9.62 Å². The summed E-state index contributed by atoms with van der Waals surface area (Å²) in [6.07, 6.45) is 4.55. The third kappa shape index (κ3) is 4.70. The standard InChI is InChI=1S/C24H29N3O6S/c28-23(29)24(19-6-8-20(9-7-19)27(30)31)13-12-22(24)18-4-10-21(11-5-18)34(32,33)25-14-17-26-15-2-1-3-16-26/h4-11,22,25H,1-3,12-17H2,(H,28,29). The molecule has 2 N–H and O–H groups in total. The van der Waals surface area contributed by atoms with Gasteiger partial charge in [-0.15, -0.1) is 0 Å². The minimum absolute atomic E-state index is 0.0949. The Morgan fingerprint density at radius 3 is 2.26 bits per heavy atom. The van der Waals surface area contributed by atoms with Gasteiger partial charge >= 0.3 is 5.97 Å². The molecule has 1 aliphatic carbocycles. The van der Waals surface area contributed by atoms with Gasteiger partial charge in [-0.1, -0.05) is 30.7 Å². The first-order valence-electron chi connectivity index (χ1n) is 11.5. The molecule has 0 radical (unpaired) electrons. The number of rotatable bonds is 9. The number of nitro benzene ring substituents is 1. The maximum absolute atomic E-state index is 12.7. The fourth-order valence-corrected chi connectivity index (χ4v) is 6.14. The van der Waals surface area contributed by atoms with E-state index in [1.54, 1.807) is 12.1 Å². The highest BCUT2D eigenvalue weighted by Gasteiger charge is 2.54. The van der Waals surface area contributed by atoms with E-state index < -0.39 is 26.3 Å². The van der Waals surface area contributed by atoms with Crippen molar-refractivity contribution in [2.45, 2.75) is 48.3 Å². The molecule has 4 rings (SSSR count). The molecule has 0 spiro atoms. The van der Waals surface area contributed by atoms with Crippen LogP contribution in [0.15, 0.2) is 53.4 Å². The average Bonchev–Trinajstić information content (AvgIpc) is 2.80. The van der Waals surface area contributed by atoms with Crippen LogP contribution in [0.25, 0.3) is 0 Å². The Balaban J connectivity index is 1.47. The zero-order chi connectivity index (χ0) is 24.3. The normalized spacial score (nSPS) is 23.2. The summed E-state index contributed by atoms with van der Waals surface area (Å²) in [7, 11) is -3.66. The van der Waals surface area contributed by atoms with Crippen molar-refractivity contribution in [2.75, 3.05) is 26.2 Å². The van der Waals surface area contributed by atoms with E-state index in [0.29, 0.717) is 31.5 Å². The molecule has 1 saturated heterocycles. The first-order chi connectivity index (χ1) is 16.2. The molecule has 2 unspecified atom stereocenters. The molecule has 1 saturated carbocycles. The highest BCUT2D eigenvalue weighted by atomic mass is 32.2. The summed E-state index contributed by atoms with van der Waals surface area (Å²) in [5, 5.41) is 21.0. The maximum atomic E-state index is 12.7. The lowest BCUT2D eigenvalue weighted by Gasteiger charge is -2.47. The Bertz CT molecular complexity index is 1140. The van der Waals surface area contributed by atoms with Crippen LogP contribution in [-0.2, 0) is 20.2 Å². The van der Waals surface area contributed by atoms with E-state index in [1.165, 1.54) is 42.8 Å². The number of nitrogens with one attached hydrogen (secondary N) is 1. The molecular formula is C24H29N3O6S. The van der Waals surface area contributed by atoms with Crippen molar-refractivity contribution in [3.8, 4) is 0 Å². The minimum atomic E-state index is -3.66. The number of aliphatic carboxylic acids is 1. The topological polar surface area (TPSA) is 130 Å². The number of hydrogen-bond acceptors (Lipinski definition) is 6. The largest absolute Gasteiger partial charge is 0.481 e. The average molecular weight is 488 g/mol. The van der Waals surface area contributed by atoms with Crippen molar-refractivity contribution < 1.29 is 23.2 Å². The third-order valence-electron chi connectivity index (χ3n) is 7.16. The van der Waals surface area contributed by atoms with Gasteiger partial charge in [0.15, 0.2) is 0 Å². The van der Waals surface area contributed by atoms with E-state index in [-0.39, 0.29) is 16.5 Å². The van der Waals surface area contributed by atoms with Gasteiger partial charge in [0, 0.05) is 31.1 Å². The molecule has 2 aliphatic rings. The molecule has 2 aromatic carbocycles. The zero-order valence-electron chi connectivity index (χ0n) is 18.9. The van der Waals surface area contributed by atoms with Gasteiger partial charge in [-0.25, -0.2) is 13.1 Å². The fraction of sp³-hybridized carbons (Fsp3) is 0.458. The predicted octanol–water partition coefficient (Wildman–Crippen LogP) is 3.26. The van der Waals surface area contributed by atoms with Crippen molar-refractivity contribution >= 4 is 21.7 Å². The molecule has 0 aromatic heterocycles. The van der Waals surface area contributed by atoms with Crippen LogP contribution in [-0.4, -0.2) is 55.5 Å². The van der Waals surface area contributed by atoms with Crippen molar-refractivity contribution in [1.29, 1.82) is 0 Å². The number of benzene rings is 2. The summed E-state index contributed by atoms with van der Waals surface area (Å²) in [4.78, 5) is 25.2. The van der Waals surface area contributed by atoms with E-state index >= 15 is 0 Å². The Labute approximate surface area is 199 Å². The molecule has 0 bridgehead atoms. The lowest BCUT2D eigenvalue weighted by atomic mass is 9.54. The molecule has 1 aliphatic heterocycles. The number of likely N-dealkylation sites (tertiary alicyclic amines) is 1. The summed E-state index contributed by atoms with van der Waals surface area (Å²) < 4.78 is 28.1. The van der Waals surface area contributed by atoms with E-state index in [1.807, 2.05) is 0 Å². The summed E-state index contributed by atoms with van der Waals surface area (Å²) >= 11 is 0. The number of piperidine rings is 1. The molecule has 2 atom stereocenters. The SMILES string of the molecule is O=C(O)C1(c2ccc([N+](=O)[O-])cc2)CCC1c1ccc(S(=O)(=O)NCCN2CCCCC2)cc1. The number of nitro groups is 1. The molecule has 34 heavy (non-hydrogen) atoms. The van der Waals surface area contributed by atoms with Crippen LogP contribution in [0.5, 0.6) is 0 Å². The zero-order valence-corrected chi connectivity index (χ0v) is 19.7. The molecule has 2 aromatic rings. The summed E-state index contributed by atoms with van der Waals surface area (Å²) in [6, 6.07) is 12.0. The van der Waals surface area contributed by atoms with Crippen LogP contribution in [0.1, 0.15) is 49.1 Å². The molecule has 2 fully saturated rings. The lowest BCUT2D eigenvalue weighted by molar-refractivity contribution is -0.384. The van der Waals surface area contributed by atoms with Crippen molar-refractivity contribution in [3.63, 3.8) is 0 Å².